The zero-order valence-electron chi connectivity index (χ0n) is 10.7. The van der Waals surface area contributed by atoms with Gasteiger partial charge in [-0.3, -0.25) is 0 Å². The Morgan fingerprint density at radius 2 is 2.26 bits per heavy atom. The molecule has 1 heterocycles. The van der Waals surface area contributed by atoms with Crippen molar-refractivity contribution in [1.82, 2.24) is 9.97 Å². The number of aromatic amines is 1. The molecule has 1 N–H and O–H groups in total. The number of ether oxygens (including phenoxy) is 1. The zero-order chi connectivity index (χ0) is 13.4. The second-order valence-corrected chi connectivity index (χ2v) is 6.04. The zero-order valence-corrected chi connectivity index (χ0v) is 12.3. The lowest BCUT2D eigenvalue weighted by Crippen LogP contribution is -2.21. The van der Waals surface area contributed by atoms with Crippen molar-refractivity contribution in [2.75, 3.05) is 7.11 Å². The van der Waals surface area contributed by atoms with Crippen LogP contribution in [-0.4, -0.2) is 23.2 Å². The molecule has 1 aromatic carbocycles. The number of nitrogens with zero attached hydrogens (tertiary/aromatic N) is 1. The Kier molecular flexibility index (Phi) is 3.58. The van der Waals surface area contributed by atoms with E-state index in [1.807, 2.05) is 6.07 Å². The van der Waals surface area contributed by atoms with Gasteiger partial charge < -0.3 is 9.72 Å². The SMILES string of the molecule is CO[C@@H]1CCC[C@@H](c2nc3c(F)cc(Br)cc3[nH]2)C1. The van der Waals surface area contributed by atoms with Crippen molar-refractivity contribution in [2.24, 2.45) is 0 Å². The van der Waals surface area contributed by atoms with Crippen LogP contribution in [0.1, 0.15) is 37.4 Å². The number of benzene rings is 1. The summed E-state index contributed by atoms with van der Waals surface area (Å²) in [7, 11) is 1.75. The third-order valence-corrected chi connectivity index (χ3v) is 4.33. The van der Waals surface area contributed by atoms with Crippen LogP contribution in [0.3, 0.4) is 0 Å². The minimum atomic E-state index is -0.286. The average molecular weight is 327 g/mol. The summed E-state index contributed by atoms with van der Waals surface area (Å²) < 4.78 is 20.0. The van der Waals surface area contributed by atoms with Crippen LogP contribution in [0.25, 0.3) is 11.0 Å². The fourth-order valence-electron chi connectivity index (χ4n) is 2.86. The lowest BCUT2D eigenvalue weighted by Gasteiger charge is -2.26. The van der Waals surface area contributed by atoms with E-state index in [0.717, 1.165) is 41.5 Å². The van der Waals surface area contributed by atoms with Crippen molar-refractivity contribution in [3.8, 4) is 0 Å². The van der Waals surface area contributed by atoms with E-state index in [2.05, 4.69) is 25.9 Å². The van der Waals surface area contributed by atoms with Crippen LogP contribution >= 0.6 is 15.9 Å². The third-order valence-electron chi connectivity index (χ3n) is 3.87. The van der Waals surface area contributed by atoms with Crippen LogP contribution in [0.15, 0.2) is 16.6 Å². The summed E-state index contributed by atoms with van der Waals surface area (Å²) in [6.07, 6.45) is 4.57. The molecule has 5 heteroatoms. The van der Waals surface area contributed by atoms with Crippen molar-refractivity contribution < 1.29 is 9.13 Å². The summed E-state index contributed by atoms with van der Waals surface area (Å²) >= 11 is 3.30. The Morgan fingerprint density at radius 3 is 3.05 bits per heavy atom. The van der Waals surface area contributed by atoms with E-state index in [-0.39, 0.29) is 5.82 Å². The molecule has 1 fully saturated rings. The van der Waals surface area contributed by atoms with Gasteiger partial charge in [0.15, 0.2) is 5.82 Å². The molecule has 0 bridgehead atoms. The van der Waals surface area contributed by atoms with Crippen molar-refractivity contribution in [1.29, 1.82) is 0 Å². The van der Waals surface area contributed by atoms with Crippen LogP contribution < -0.4 is 0 Å². The Labute approximate surface area is 119 Å². The maximum atomic E-state index is 13.8. The standard InChI is InChI=1S/C14H16BrFN2O/c1-19-10-4-2-3-8(5-10)14-17-12-7-9(15)6-11(16)13(12)18-14/h6-8,10H,2-5H2,1H3,(H,17,18)/t8-,10-/m1/s1. The van der Waals surface area contributed by atoms with Gasteiger partial charge in [0.25, 0.3) is 0 Å². The molecular weight excluding hydrogens is 311 g/mol. The van der Waals surface area contributed by atoms with Gasteiger partial charge in [0.2, 0.25) is 0 Å². The first kappa shape index (κ1) is 13.1. The average Bonchev–Trinajstić information content (AvgIpc) is 2.83. The maximum absolute atomic E-state index is 13.8. The lowest BCUT2D eigenvalue weighted by atomic mass is 9.87. The normalized spacial score (nSPS) is 23.9. The Balaban J connectivity index is 1.94. The number of nitrogens with one attached hydrogen (secondary N) is 1. The largest absolute Gasteiger partial charge is 0.381 e. The fraction of sp³-hybridized carbons (Fsp3) is 0.500. The highest BCUT2D eigenvalue weighted by molar-refractivity contribution is 9.10. The minimum Gasteiger partial charge on any atom is -0.381 e. The predicted octanol–water partition coefficient (Wildman–Crippen LogP) is 4.14. The van der Waals surface area contributed by atoms with Crippen LogP contribution in [0.2, 0.25) is 0 Å². The molecule has 3 nitrogen and oxygen atoms in total. The number of aromatic nitrogens is 2. The van der Waals surface area contributed by atoms with E-state index >= 15 is 0 Å². The van der Waals surface area contributed by atoms with Gasteiger partial charge in [0.05, 0.1) is 11.6 Å². The summed E-state index contributed by atoms with van der Waals surface area (Å²) in [6.45, 7) is 0. The molecule has 1 aromatic heterocycles. The van der Waals surface area contributed by atoms with E-state index < -0.39 is 0 Å². The minimum absolute atomic E-state index is 0.286. The van der Waals surface area contributed by atoms with E-state index in [4.69, 9.17) is 4.74 Å². The van der Waals surface area contributed by atoms with Gasteiger partial charge in [0.1, 0.15) is 11.3 Å². The quantitative estimate of drug-likeness (QED) is 0.900. The van der Waals surface area contributed by atoms with E-state index in [1.54, 1.807) is 7.11 Å². The molecule has 1 aliphatic rings. The highest BCUT2D eigenvalue weighted by Gasteiger charge is 2.25. The molecule has 0 saturated heterocycles. The smallest absolute Gasteiger partial charge is 0.152 e. The summed E-state index contributed by atoms with van der Waals surface area (Å²) in [6, 6.07) is 3.32. The summed E-state index contributed by atoms with van der Waals surface area (Å²) in [4.78, 5) is 7.69. The van der Waals surface area contributed by atoms with E-state index in [0.29, 0.717) is 17.5 Å². The second-order valence-electron chi connectivity index (χ2n) is 5.13. The summed E-state index contributed by atoms with van der Waals surface area (Å²) in [5, 5.41) is 0. The van der Waals surface area contributed by atoms with E-state index in [9.17, 15) is 4.39 Å². The third kappa shape index (κ3) is 2.54. The van der Waals surface area contributed by atoms with Crippen molar-refractivity contribution >= 4 is 27.0 Å². The van der Waals surface area contributed by atoms with Crippen LogP contribution in [0.4, 0.5) is 4.39 Å². The fourth-order valence-corrected chi connectivity index (χ4v) is 3.29. The van der Waals surface area contributed by atoms with Crippen molar-refractivity contribution in [3.05, 3.63) is 28.2 Å². The topological polar surface area (TPSA) is 37.9 Å². The Bertz CT molecular complexity index is 598. The maximum Gasteiger partial charge on any atom is 0.152 e. The number of imidazole rings is 1. The van der Waals surface area contributed by atoms with Crippen molar-refractivity contribution in [3.63, 3.8) is 0 Å². The molecule has 3 rings (SSSR count). The monoisotopic (exact) mass is 326 g/mol. The molecule has 0 aliphatic heterocycles. The number of rotatable bonds is 2. The molecule has 0 amide bonds. The van der Waals surface area contributed by atoms with Gasteiger partial charge in [-0.2, -0.15) is 0 Å². The molecule has 2 atom stereocenters. The first-order valence-corrected chi connectivity index (χ1v) is 7.34. The van der Waals surface area contributed by atoms with Gasteiger partial charge in [0, 0.05) is 17.5 Å². The summed E-state index contributed by atoms with van der Waals surface area (Å²) in [5.41, 5.74) is 1.18. The molecule has 102 valence electrons. The van der Waals surface area contributed by atoms with Gasteiger partial charge in [-0.1, -0.05) is 22.4 Å². The molecule has 19 heavy (non-hydrogen) atoms. The van der Waals surface area contributed by atoms with Crippen LogP contribution in [0, 0.1) is 5.82 Å². The van der Waals surface area contributed by atoms with Gasteiger partial charge in [-0.15, -0.1) is 0 Å². The molecule has 1 aliphatic carbocycles. The van der Waals surface area contributed by atoms with Gasteiger partial charge in [-0.25, -0.2) is 9.37 Å². The van der Waals surface area contributed by atoms with Crippen LogP contribution in [-0.2, 0) is 4.74 Å². The highest BCUT2D eigenvalue weighted by Crippen LogP contribution is 2.34. The Morgan fingerprint density at radius 1 is 1.42 bits per heavy atom. The van der Waals surface area contributed by atoms with Crippen LogP contribution in [0.5, 0.6) is 0 Å². The van der Waals surface area contributed by atoms with Crippen molar-refractivity contribution in [2.45, 2.75) is 37.7 Å². The number of fused-ring (bicyclic) bond motifs is 1. The summed E-state index contributed by atoms with van der Waals surface area (Å²) in [5.74, 6) is 0.934. The number of hydrogen-bond donors (Lipinski definition) is 1. The first-order valence-electron chi connectivity index (χ1n) is 6.55. The van der Waals surface area contributed by atoms with E-state index in [1.165, 1.54) is 6.07 Å². The molecule has 0 spiro atoms. The number of methoxy groups -OCH3 is 1. The number of halogens is 2. The molecule has 1 saturated carbocycles. The molecular formula is C14H16BrFN2O. The highest BCUT2D eigenvalue weighted by atomic mass is 79.9. The molecule has 2 aromatic rings. The molecule has 0 unspecified atom stereocenters. The second kappa shape index (κ2) is 5.21. The van der Waals surface area contributed by atoms with Gasteiger partial charge >= 0.3 is 0 Å². The lowest BCUT2D eigenvalue weighted by molar-refractivity contribution is 0.0625. The number of hydrogen-bond acceptors (Lipinski definition) is 2. The predicted molar refractivity (Wildman–Crippen MR) is 75.8 cm³/mol. The Hall–Kier alpha value is -0.940. The molecule has 0 radical (unpaired) electrons. The number of H-pyrrole nitrogens is 1. The van der Waals surface area contributed by atoms with Gasteiger partial charge in [-0.05, 0) is 31.4 Å². The first-order chi connectivity index (χ1) is 9.17.